The molecule has 0 saturated carbocycles. The Balaban J connectivity index is 1.32. The second kappa shape index (κ2) is 13.0. The number of imidazole rings is 1. The molecule has 3 saturated heterocycles. The lowest BCUT2D eigenvalue weighted by molar-refractivity contribution is -0.136. The van der Waals surface area contributed by atoms with Gasteiger partial charge in [0.05, 0.1) is 17.1 Å². The number of amides is 2. The maximum absolute atomic E-state index is 15.7. The van der Waals surface area contributed by atoms with Crippen LogP contribution in [-0.2, 0) is 9.59 Å². The molecule has 1 aromatic carbocycles. The minimum absolute atomic E-state index is 0.0000194. The quantitative estimate of drug-likeness (QED) is 0.455. The molecule has 2 atom stereocenters. The van der Waals surface area contributed by atoms with E-state index >= 15 is 4.39 Å². The Morgan fingerprint density at radius 2 is 1.69 bits per heavy atom. The molecule has 5 rings (SSSR count). The fraction of sp³-hybridized carbons (Fsp3) is 0.667. The van der Waals surface area contributed by atoms with Crippen molar-refractivity contribution in [3.05, 3.63) is 46.3 Å². The smallest absolute Gasteiger partial charge is 0.328 e. The van der Waals surface area contributed by atoms with Gasteiger partial charge in [-0.15, -0.1) is 11.8 Å². The van der Waals surface area contributed by atoms with Gasteiger partial charge in [-0.05, 0) is 51.5 Å². The number of nitrogens with zero attached hydrogens (tertiary/aromatic N) is 5. The van der Waals surface area contributed by atoms with Gasteiger partial charge in [0.2, 0.25) is 17.7 Å². The number of anilines is 1. The van der Waals surface area contributed by atoms with Crippen LogP contribution in [0.15, 0.2) is 29.2 Å². The Morgan fingerprint density at radius 3 is 2.27 bits per heavy atom. The Bertz CT molecular complexity index is 1430. The molecule has 45 heavy (non-hydrogen) atoms. The third-order valence-corrected chi connectivity index (χ3v) is 10.8. The average Bonchev–Trinajstić information content (AvgIpc) is 3.47. The largest absolute Gasteiger partial charge is 0.493 e. The number of piperidine rings is 1. The van der Waals surface area contributed by atoms with Crippen LogP contribution in [0.1, 0.15) is 84.2 Å². The molecule has 3 aliphatic rings. The maximum atomic E-state index is 15.7. The number of aromatic amines is 1. The van der Waals surface area contributed by atoms with E-state index < -0.39 is 5.25 Å². The van der Waals surface area contributed by atoms with Gasteiger partial charge in [-0.2, -0.15) is 0 Å². The molecule has 2 N–H and O–H groups in total. The summed E-state index contributed by atoms with van der Waals surface area (Å²) in [5, 5.41) is 8.69. The fourth-order valence-corrected chi connectivity index (χ4v) is 8.16. The number of thioether (sulfide) groups is 1. The van der Waals surface area contributed by atoms with Crippen molar-refractivity contribution < 1.29 is 19.1 Å². The molecule has 4 heterocycles. The first-order valence-corrected chi connectivity index (χ1v) is 17.1. The lowest BCUT2D eigenvalue weighted by Gasteiger charge is -2.43. The van der Waals surface area contributed by atoms with Gasteiger partial charge in [-0.1, -0.05) is 32.9 Å². The first kappa shape index (κ1) is 33.4. The highest BCUT2D eigenvalue weighted by Gasteiger charge is 2.44. The molecule has 2 aromatic rings. The van der Waals surface area contributed by atoms with Crippen LogP contribution in [0.3, 0.4) is 0 Å². The summed E-state index contributed by atoms with van der Waals surface area (Å²) in [5.41, 5.74) is 1.04. The van der Waals surface area contributed by atoms with Gasteiger partial charge < -0.3 is 19.8 Å². The molecule has 12 heteroatoms. The van der Waals surface area contributed by atoms with E-state index in [4.69, 9.17) is 0 Å². The van der Waals surface area contributed by atoms with Gasteiger partial charge in [0, 0.05) is 69.4 Å². The van der Waals surface area contributed by atoms with Gasteiger partial charge in [0.25, 0.3) is 0 Å². The standard InChI is InChI=1S/C33H49FN6O4S/c1-32(2,3)12-15-39-29(43)25(20-27(42)36-13-10-22(11-14-36)40-21-26(41)35-31(40)44)45-30(39)23-8-7-9-24(34)28(23)37-16-18-38(19-17-37)33(4,5)6/h7-9,21-22,25,30,41H,10-20H2,1-6H3,(H,35,44)/t25-,30?/m0/s1. The van der Waals surface area contributed by atoms with Crippen LogP contribution in [0.25, 0.3) is 0 Å². The second-order valence-corrected chi connectivity index (χ2v) is 16.1. The highest BCUT2D eigenvalue weighted by Crippen LogP contribution is 2.48. The van der Waals surface area contributed by atoms with Crippen molar-refractivity contribution >= 4 is 29.3 Å². The van der Waals surface area contributed by atoms with Crippen LogP contribution < -0.4 is 10.6 Å². The van der Waals surface area contributed by atoms with Crippen molar-refractivity contribution in [2.45, 2.75) is 89.4 Å². The molecule has 1 unspecified atom stereocenters. The third-order valence-electron chi connectivity index (χ3n) is 9.37. The minimum atomic E-state index is -0.557. The Hall–Kier alpha value is -2.99. The molecule has 0 aliphatic carbocycles. The fourth-order valence-electron chi connectivity index (χ4n) is 6.66. The number of likely N-dealkylation sites (tertiary alicyclic amines) is 1. The van der Waals surface area contributed by atoms with E-state index in [2.05, 4.69) is 56.3 Å². The predicted octanol–water partition coefficient (Wildman–Crippen LogP) is 4.57. The Labute approximate surface area is 269 Å². The van der Waals surface area contributed by atoms with Crippen molar-refractivity contribution in [2.24, 2.45) is 5.41 Å². The third kappa shape index (κ3) is 7.53. The van der Waals surface area contributed by atoms with Crippen LogP contribution in [0.5, 0.6) is 5.88 Å². The summed E-state index contributed by atoms with van der Waals surface area (Å²) in [6.07, 6.45) is 3.44. The molecular weight excluding hydrogens is 595 g/mol. The van der Waals surface area contributed by atoms with E-state index in [1.165, 1.54) is 28.6 Å². The minimum Gasteiger partial charge on any atom is -0.493 e. The SMILES string of the molecule is CC(C)(C)CCN1C(=O)[C@H](CC(=O)N2CCC(n3cc(O)[nH]c3=O)CC2)SC1c1cccc(F)c1N1CCN(C(C)(C)C)CC1. The molecule has 0 radical (unpaired) electrons. The molecule has 3 fully saturated rings. The molecule has 3 aliphatic heterocycles. The van der Waals surface area contributed by atoms with E-state index in [1.807, 2.05) is 11.0 Å². The summed E-state index contributed by atoms with van der Waals surface area (Å²) in [5.74, 6) is -0.607. The average molecular weight is 645 g/mol. The Kier molecular flexibility index (Phi) is 9.66. The van der Waals surface area contributed by atoms with Crippen molar-refractivity contribution in [3.63, 3.8) is 0 Å². The van der Waals surface area contributed by atoms with Gasteiger partial charge in [-0.25, -0.2) is 9.18 Å². The molecule has 10 nitrogen and oxygen atoms in total. The van der Waals surface area contributed by atoms with E-state index in [0.717, 1.165) is 25.1 Å². The van der Waals surface area contributed by atoms with Crippen molar-refractivity contribution in [1.29, 1.82) is 0 Å². The van der Waals surface area contributed by atoms with Crippen LogP contribution in [0, 0.1) is 11.2 Å². The zero-order chi connectivity index (χ0) is 32.7. The molecule has 248 valence electrons. The molecule has 0 bridgehead atoms. The number of carbonyl (C=O) groups is 2. The van der Waals surface area contributed by atoms with Crippen LogP contribution in [-0.4, -0.2) is 97.8 Å². The van der Waals surface area contributed by atoms with Crippen LogP contribution >= 0.6 is 11.8 Å². The van der Waals surface area contributed by atoms with Crippen molar-refractivity contribution in [1.82, 2.24) is 24.3 Å². The summed E-state index contributed by atoms with van der Waals surface area (Å²) in [4.78, 5) is 50.2. The number of benzene rings is 1. The molecule has 0 spiro atoms. The lowest BCUT2D eigenvalue weighted by atomic mass is 9.92. The molecule has 1 aromatic heterocycles. The summed E-state index contributed by atoms with van der Waals surface area (Å²) in [7, 11) is 0. The number of rotatable bonds is 7. The summed E-state index contributed by atoms with van der Waals surface area (Å²) in [6.45, 7) is 17.6. The highest BCUT2D eigenvalue weighted by molar-refractivity contribution is 8.01. The van der Waals surface area contributed by atoms with Gasteiger partial charge in [-0.3, -0.25) is 24.0 Å². The number of para-hydroxylation sites is 1. The monoisotopic (exact) mass is 644 g/mol. The van der Waals surface area contributed by atoms with Crippen molar-refractivity contribution in [2.75, 3.05) is 50.7 Å². The number of carbonyl (C=O) groups excluding carboxylic acids is 2. The summed E-state index contributed by atoms with van der Waals surface area (Å²) >= 11 is 1.46. The van der Waals surface area contributed by atoms with E-state index in [0.29, 0.717) is 51.3 Å². The number of piperazine rings is 1. The number of hydrogen-bond acceptors (Lipinski definition) is 7. The lowest BCUT2D eigenvalue weighted by Crippen LogP contribution is -2.53. The number of halogens is 1. The number of aromatic hydroxyl groups is 1. The first-order valence-electron chi connectivity index (χ1n) is 16.1. The van der Waals surface area contributed by atoms with Gasteiger partial charge in [0.15, 0.2) is 0 Å². The normalized spacial score (nSPS) is 22.5. The van der Waals surface area contributed by atoms with E-state index in [-0.39, 0.29) is 58.0 Å². The van der Waals surface area contributed by atoms with Crippen LogP contribution in [0.2, 0.25) is 0 Å². The first-order chi connectivity index (χ1) is 21.1. The molecule has 2 amide bonds. The maximum Gasteiger partial charge on any atom is 0.328 e. The zero-order valence-electron chi connectivity index (χ0n) is 27.5. The topological polar surface area (TPSA) is 105 Å². The highest BCUT2D eigenvalue weighted by atomic mass is 32.2. The Morgan fingerprint density at radius 1 is 1.02 bits per heavy atom. The van der Waals surface area contributed by atoms with Gasteiger partial charge in [0.1, 0.15) is 11.2 Å². The number of hydrogen-bond donors (Lipinski definition) is 2. The summed E-state index contributed by atoms with van der Waals surface area (Å²) in [6, 6.07) is 5.07. The van der Waals surface area contributed by atoms with E-state index in [9.17, 15) is 19.5 Å². The van der Waals surface area contributed by atoms with E-state index in [1.54, 1.807) is 11.0 Å². The number of nitrogens with one attached hydrogen (secondary N) is 1. The number of H-pyrrole nitrogens is 1. The van der Waals surface area contributed by atoms with Crippen LogP contribution in [0.4, 0.5) is 10.1 Å². The number of aromatic nitrogens is 2. The molecular formula is C33H49FN6O4S. The zero-order valence-corrected chi connectivity index (χ0v) is 28.3. The van der Waals surface area contributed by atoms with Gasteiger partial charge >= 0.3 is 5.69 Å². The second-order valence-electron chi connectivity index (χ2n) is 14.8. The predicted molar refractivity (Wildman–Crippen MR) is 176 cm³/mol. The van der Waals surface area contributed by atoms with Crippen molar-refractivity contribution in [3.8, 4) is 5.88 Å². The summed E-state index contributed by atoms with van der Waals surface area (Å²) < 4.78 is 17.2.